The Morgan fingerprint density at radius 2 is 2.00 bits per heavy atom. The van der Waals surface area contributed by atoms with E-state index < -0.39 is 0 Å². The van der Waals surface area contributed by atoms with Crippen molar-refractivity contribution in [3.63, 3.8) is 0 Å². The number of hydrogen-bond acceptors (Lipinski definition) is 0. The van der Waals surface area contributed by atoms with Crippen LogP contribution in [0.1, 0.15) is 6.92 Å². The van der Waals surface area contributed by atoms with Crippen LogP contribution in [-0.4, -0.2) is 0 Å². The summed E-state index contributed by atoms with van der Waals surface area (Å²) in [4.78, 5) is 0. The van der Waals surface area contributed by atoms with Crippen LogP contribution in [0, 0.1) is 6.92 Å². The lowest BCUT2D eigenvalue weighted by atomic mass is 10.4. The predicted molar refractivity (Wildman–Crippen MR) is 20.2 cm³/mol. The monoisotopic (exact) mass is 55.1 g/mol. The standard InChI is InChI=1S/C4H7/c1-4(2)3/h1-2H2,3H3/q-1. The van der Waals surface area contributed by atoms with E-state index in [-0.39, 0.29) is 0 Å². The van der Waals surface area contributed by atoms with E-state index in [2.05, 4.69) is 13.5 Å². The van der Waals surface area contributed by atoms with Crippen LogP contribution in [0.25, 0.3) is 0 Å². The SMILES string of the molecule is C=C([CH2-])C. The van der Waals surface area contributed by atoms with E-state index in [1.807, 2.05) is 6.92 Å². The maximum Gasteiger partial charge on any atom is -0.0738 e. The lowest BCUT2D eigenvalue weighted by Gasteiger charge is -1.78. The minimum absolute atomic E-state index is 0.917. The Morgan fingerprint density at radius 1 is 2.00 bits per heavy atom. The Morgan fingerprint density at radius 3 is 2.00 bits per heavy atom. The first kappa shape index (κ1) is 3.61. The highest BCUT2D eigenvalue weighted by Gasteiger charge is 1.38. The summed E-state index contributed by atoms with van der Waals surface area (Å²) in [7, 11) is 0. The fourth-order valence-corrected chi connectivity index (χ4v) is 0. The second-order valence-corrected chi connectivity index (χ2v) is 0.957. The highest BCUT2D eigenvalue weighted by atomic mass is 13.6. The van der Waals surface area contributed by atoms with Crippen LogP contribution in [-0.2, 0) is 0 Å². The van der Waals surface area contributed by atoms with Gasteiger partial charge in [-0.2, -0.15) is 0 Å². The summed E-state index contributed by atoms with van der Waals surface area (Å²) in [6.07, 6.45) is 0. The van der Waals surface area contributed by atoms with Crippen LogP contribution in [0.3, 0.4) is 0 Å². The minimum atomic E-state index is 0.917. The molecule has 0 aliphatic heterocycles. The second-order valence-electron chi connectivity index (χ2n) is 0.957. The van der Waals surface area contributed by atoms with Gasteiger partial charge in [-0.05, 0) is 0 Å². The first-order valence-electron chi connectivity index (χ1n) is 1.21. The summed E-state index contributed by atoms with van der Waals surface area (Å²) >= 11 is 0. The Kier molecular flexibility index (Phi) is 0.896. The molecular weight excluding hydrogens is 48.0 g/mol. The highest BCUT2D eigenvalue weighted by molar-refractivity contribution is 4.90. The largest absolute Gasteiger partial charge is 0.242 e. The molecule has 0 aromatic rings. The van der Waals surface area contributed by atoms with Gasteiger partial charge in [0, 0.05) is 0 Å². The van der Waals surface area contributed by atoms with Gasteiger partial charge in [0.25, 0.3) is 0 Å². The normalized spacial score (nSPS) is 6.25. The maximum atomic E-state index is 3.44. The number of rotatable bonds is 0. The molecule has 0 aliphatic carbocycles. The molecule has 0 unspecified atom stereocenters. The van der Waals surface area contributed by atoms with E-state index in [0.717, 1.165) is 5.57 Å². The van der Waals surface area contributed by atoms with Gasteiger partial charge in [0.2, 0.25) is 0 Å². The molecular formula is C4H7-. The van der Waals surface area contributed by atoms with Gasteiger partial charge in [0.1, 0.15) is 0 Å². The summed E-state index contributed by atoms with van der Waals surface area (Å²) in [5, 5.41) is 0. The Balaban J connectivity index is 2.80. The van der Waals surface area contributed by atoms with Crippen LogP contribution >= 0.6 is 0 Å². The lowest BCUT2D eigenvalue weighted by Crippen LogP contribution is -1.44. The van der Waals surface area contributed by atoms with Gasteiger partial charge < -0.3 is 0 Å². The van der Waals surface area contributed by atoms with Crippen molar-refractivity contribution in [1.82, 2.24) is 0 Å². The van der Waals surface area contributed by atoms with Crippen LogP contribution in [0.5, 0.6) is 0 Å². The molecule has 0 saturated heterocycles. The average molecular weight is 55.1 g/mol. The van der Waals surface area contributed by atoms with E-state index in [9.17, 15) is 0 Å². The third-order valence-corrected chi connectivity index (χ3v) is 0. The zero-order valence-electron chi connectivity index (χ0n) is 2.91. The van der Waals surface area contributed by atoms with Gasteiger partial charge >= 0.3 is 0 Å². The van der Waals surface area contributed by atoms with Crippen molar-refractivity contribution in [2.75, 3.05) is 0 Å². The third-order valence-electron chi connectivity index (χ3n) is 0. The molecule has 0 aliphatic rings. The molecule has 0 heterocycles. The summed E-state index contributed by atoms with van der Waals surface area (Å²) in [6.45, 7) is 8.75. The molecule has 0 fully saturated rings. The van der Waals surface area contributed by atoms with E-state index in [1.54, 1.807) is 0 Å². The highest BCUT2D eigenvalue weighted by Crippen LogP contribution is 1.72. The van der Waals surface area contributed by atoms with E-state index in [1.165, 1.54) is 0 Å². The lowest BCUT2D eigenvalue weighted by molar-refractivity contribution is 1.58. The zero-order chi connectivity index (χ0) is 3.58. The topological polar surface area (TPSA) is 0 Å². The van der Waals surface area contributed by atoms with Crippen molar-refractivity contribution < 1.29 is 0 Å². The Labute approximate surface area is 27.1 Å². The molecule has 0 aromatic carbocycles. The van der Waals surface area contributed by atoms with Crippen LogP contribution in [0.4, 0.5) is 0 Å². The molecule has 0 heteroatoms. The van der Waals surface area contributed by atoms with Gasteiger partial charge in [0.15, 0.2) is 0 Å². The van der Waals surface area contributed by atoms with Crippen molar-refractivity contribution in [1.29, 1.82) is 0 Å². The molecule has 0 radical (unpaired) electrons. The number of hydrogen-bond donors (Lipinski definition) is 0. The second kappa shape index (κ2) is 0.993. The van der Waals surface area contributed by atoms with Gasteiger partial charge in [-0.25, -0.2) is 19.1 Å². The van der Waals surface area contributed by atoms with Crippen LogP contribution in [0.2, 0.25) is 0 Å². The fraction of sp³-hybridized carbons (Fsp3) is 0.250. The first-order valence-corrected chi connectivity index (χ1v) is 1.21. The molecule has 0 N–H and O–H groups in total. The summed E-state index contributed by atoms with van der Waals surface area (Å²) in [5.74, 6) is 0. The molecule has 4 heavy (non-hydrogen) atoms. The van der Waals surface area contributed by atoms with Crippen molar-refractivity contribution in [2.45, 2.75) is 6.92 Å². The van der Waals surface area contributed by atoms with Gasteiger partial charge in [-0.3, -0.25) is 0 Å². The van der Waals surface area contributed by atoms with Gasteiger partial charge in [0.05, 0.1) is 0 Å². The maximum absolute atomic E-state index is 3.44. The Hall–Kier alpha value is -0.390. The molecule has 0 saturated carbocycles. The van der Waals surface area contributed by atoms with Crippen LogP contribution in [0.15, 0.2) is 12.2 Å². The van der Waals surface area contributed by atoms with E-state index in [4.69, 9.17) is 0 Å². The quantitative estimate of drug-likeness (QED) is 0.367. The molecule has 0 rings (SSSR count). The third kappa shape index (κ3) is 3.94. The van der Waals surface area contributed by atoms with Crippen molar-refractivity contribution >= 4 is 0 Å². The molecule has 0 spiro atoms. The summed E-state index contributed by atoms with van der Waals surface area (Å²) in [5.41, 5.74) is 0.917. The molecule has 0 aromatic heterocycles. The molecule has 24 valence electrons. The fourth-order valence-electron chi connectivity index (χ4n) is 0. The van der Waals surface area contributed by atoms with Gasteiger partial charge in [-0.15, -0.1) is 0 Å². The van der Waals surface area contributed by atoms with E-state index in [0.29, 0.717) is 0 Å². The molecule has 0 amide bonds. The minimum Gasteiger partial charge on any atom is -0.242 e. The molecule has 0 atom stereocenters. The van der Waals surface area contributed by atoms with Crippen molar-refractivity contribution in [3.8, 4) is 0 Å². The van der Waals surface area contributed by atoms with Crippen molar-refractivity contribution in [3.05, 3.63) is 19.1 Å². The van der Waals surface area contributed by atoms with Crippen LogP contribution < -0.4 is 0 Å². The van der Waals surface area contributed by atoms with Gasteiger partial charge in [-0.1, -0.05) is 6.92 Å². The predicted octanol–water partition coefficient (Wildman–Crippen LogP) is 1.40. The smallest absolute Gasteiger partial charge is 0.0738 e. The summed E-state index contributed by atoms with van der Waals surface area (Å²) < 4.78 is 0. The number of allylic oxidation sites excluding steroid dienone is 1. The van der Waals surface area contributed by atoms with Crippen molar-refractivity contribution in [2.24, 2.45) is 0 Å². The first-order chi connectivity index (χ1) is 1.73. The average Bonchev–Trinajstić information content (AvgIpc) is 0.811. The molecule has 0 nitrogen and oxygen atoms in total. The van der Waals surface area contributed by atoms with E-state index >= 15 is 0 Å². The zero-order valence-corrected chi connectivity index (χ0v) is 2.91. The summed E-state index contributed by atoms with van der Waals surface area (Å²) in [6, 6.07) is 0. The Bertz CT molecular complexity index is 23.0. The molecule has 0 bridgehead atoms.